The summed E-state index contributed by atoms with van der Waals surface area (Å²) in [6, 6.07) is 15.5. The van der Waals surface area contributed by atoms with Gasteiger partial charge in [-0.2, -0.15) is 5.10 Å². The van der Waals surface area contributed by atoms with Crippen LogP contribution in [0.3, 0.4) is 0 Å². The number of unbranched alkanes of at least 4 members (excludes halogenated alkanes) is 2. The smallest absolute Gasteiger partial charge is 0.241 e. The Morgan fingerprint density at radius 2 is 2.00 bits per heavy atom. The quantitative estimate of drug-likeness (QED) is 0.327. The lowest BCUT2D eigenvalue weighted by Crippen LogP contribution is -2.19. The number of amides is 1. The van der Waals surface area contributed by atoms with Gasteiger partial charge < -0.3 is 9.30 Å². The van der Waals surface area contributed by atoms with Crippen LogP contribution in [0.4, 0.5) is 0 Å². The van der Waals surface area contributed by atoms with Gasteiger partial charge in [0.25, 0.3) is 0 Å². The second kappa shape index (κ2) is 10.3. The summed E-state index contributed by atoms with van der Waals surface area (Å²) in [5.41, 5.74) is 5.43. The zero-order chi connectivity index (χ0) is 19.6. The lowest BCUT2D eigenvalue weighted by molar-refractivity contribution is -0.121. The Hall–Kier alpha value is -3.15. The number of para-hydroxylation sites is 2. The molecule has 1 amide bonds. The maximum Gasteiger partial charge on any atom is 0.241 e. The Kier molecular flexibility index (Phi) is 7.18. The lowest BCUT2D eigenvalue weighted by Gasteiger charge is -2.05. The highest BCUT2D eigenvalue weighted by Gasteiger charge is 2.04. The standard InChI is InChI=1S/C22H26N4O2/c1-2-3-6-15-28-19-11-9-18(10-12-19)16-24-25-22(27)13-14-26-17-23-20-7-4-5-8-21(20)26/h4-5,7-12,16-17H,2-3,6,13-15H2,1H3,(H,25,27). The molecule has 0 spiro atoms. The average molecular weight is 378 g/mol. The van der Waals surface area contributed by atoms with E-state index in [0.717, 1.165) is 35.4 Å². The molecule has 0 aliphatic carbocycles. The Morgan fingerprint density at radius 1 is 1.18 bits per heavy atom. The minimum atomic E-state index is -0.134. The van der Waals surface area contributed by atoms with Crippen LogP contribution in [-0.2, 0) is 11.3 Å². The summed E-state index contributed by atoms with van der Waals surface area (Å²) >= 11 is 0. The van der Waals surface area contributed by atoms with Gasteiger partial charge in [0.2, 0.25) is 5.91 Å². The summed E-state index contributed by atoms with van der Waals surface area (Å²) in [5, 5.41) is 4.03. The monoisotopic (exact) mass is 378 g/mol. The molecule has 3 aromatic rings. The number of nitrogens with one attached hydrogen (secondary N) is 1. The summed E-state index contributed by atoms with van der Waals surface area (Å²) in [5.74, 6) is 0.717. The second-order valence-corrected chi connectivity index (χ2v) is 6.59. The molecule has 146 valence electrons. The van der Waals surface area contributed by atoms with Gasteiger partial charge in [-0.05, 0) is 48.4 Å². The third-order valence-corrected chi connectivity index (χ3v) is 4.41. The van der Waals surface area contributed by atoms with Crippen molar-refractivity contribution in [2.75, 3.05) is 6.61 Å². The van der Waals surface area contributed by atoms with E-state index in [1.165, 1.54) is 12.8 Å². The molecule has 0 fully saturated rings. The van der Waals surface area contributed by atoms with E-state index in [0.29, 0.717) is 13.0 Å². The van der Waals surface area contributed by atoms with Gasteiger partial charge >= 0.3 is 0 Å². The molecule has 0 saturated carbocycles. The first-order valence-electron chi connectivity index (χ1n) is 9.71. The molecule has 0 atom stereocenters. The van der Waals surface area contributed by atoms with E-state index in [2.05, 4.69) is 22.4 Å². The Balaban J connectivity index is 1.42. The average Bonchev–Trinajstić information content (AvgIpc) is 3.14. The van der Waals surface area contributed by atoms with Crippen molar-refractivity contribution in [2.45, 2.75) is 39.2 Å². The number of rotatable bonds is 10. The van der Waals surface area contributed by atoms with E-state index in [-0.39, 0.29) is 5.91 Å². The van der Waals surface area contributed by atoms with Crippen LogP contribution >= 0.6 is 0 Å². The van der Waals surface area contributed by atoms with Gasteiger partial charge in [-0.15, -0.1) is 0 Å². The van der Waals surface area contributed by atoms with Gasteiger partial charge in [0.15, 0.2) is 0 Å². The Bertz CT molecular complexity index is 916. The van der Waals surface area contributed by atoms with Crippen molar-refractivity contribution < 1.29 is 9.53 Å². The topological polar surface area (TPSA) is 68.5 Å². The highest BCUT2D eigenvalue weighted by atomic mass is 16.5. The van der Waals surface area contributed by atoms with Crippen molar-refractivity contribution in [1.29, 1.82) is 0 Å². The van der Waals surface area contributed by atoms with Crippen LogP contribution in [0.25, 0.3) is 11.0 Å². The third kappa shape index (κ3) is 5.67. The summed E-state index contributed by atoms with van der Waals surface area (Å²) in [6.07, 6.45) is 7.16. The first kappa shape index (κ1) is 19.6. The molecule has 0 saturated heterocycles. The van der Waals surface area contributed by atoms with Gasteiger partial charge in [0.05, 0.1) is 30.2 Å². The number of hydrogen-bond acceptors (Lipinski definition) is 4. The highest BCUT2D eigenvalue weighted by molar-refractivity contribution is 5.82. The molecule has 1 aromatic heterocycles. The van der Waals surface area contributed by atoms with E-state index in [9.17, 15) is 4.79 Å². The number of ether oxygens (including phenoxy) is 1. The molecule has 6 heteroatoms. The number of benzene rings is 2. The van der Waals surface area contributed by atoms with E-state index in [4.69, 9.17) is 4.74 Å². The summed E-state index contributed by atoms with van der Waals surface area (Å²) < 4.78 is 7.65. The van der Waals surface area contributed by atoms with Crippen LogP contribution < -0.4 is 10.2 Å². The number of carbonyl (C=O) groups excluding carboxylic acids is 1. The Morgan fingerprint density at radius 3 is 2.82 bits per heavy atom. The number of carbonyl (C=O) groups is 1. The van der Waals surface area contributed by atoms with Crippen molar-refractivity contribution in [3.8, 4) is 5.75 Å². The first-order chi connectivity index (χ1) is 13.8. The van der Waals surface area contributed by atoms with Crippen LogP contribution in [0.1, 0.15) is 38.2 Å². The fraction of sp³-hybridized carbons (Fsp3) is 0.318. The SMILES string of the molecule is CCCCCOc1ccc(C=NNC(=O)CCn2cnc3ccccc32)cc1. The molecule has 0 radical (unpaired) electrons. The predicted molar refractivity (Wildman–Crippen MR) is 112 cm³/mol. The van der Waals surface area contributed by atoms with Gasteiger partial charge in [-0.1, -0.05) is 31.9 Å². The van der Waals surface area contributed by atoms with Crippen LogP contribution in [0.5, 0.6) is 5.75 Å². The fourth-order valence-corrected chi connectivity index (χ4v) is 2.84. The van der Waals surface area contributed by atoms with E-state index in [1.54, 1.807) is 12.5 Å². The normalized spacial score (nSPS) is 11.2. The zero-order valence-electron chi connectivity index (χ0n) is 16.2. The van der Waals surface area contributed by atoms with Crippen molar-refractivity contribution >= 4 is 23.2 Å². The zero-order valence-corrected chi connectivity index (χ0v) is 16.2. The van der Waals surface area contributed by atoms with Gasteiger partial charge in [-0.3, -0.25) is 4.79 Å². The molecule has 3 rings (SSSR count). The van der Waals surface area contributed by atoms with Crippen molar-refractivity contribution in [3.05, 3.63) is 60.4 Å². The third-order valence-electron chi connectivity index (χ3n) is 4.41. The molecular weight excluding hydrogens is 352 g/mol. The first-order valence-corrected chi connectivity index (χ1v) is 9.71. The molecule has 0 aliphatic heterocycles. The number of imidazole rings is 1. The molecule has 1 heterocycles. The molecule has 1 N–H and O–H groups in total. The second-order valence-electron chi connectivity index (χ2n) is 6.59. The molecule has 28 heavy (non-hydrogen) atoms. The van der Waals surface area contributed by atoms with E-state index in [1.807, 2.05) is 53.1 Å². The predicted octanol–water partition coefficient (Wildman–Crippen LogP) is 4.15. The number of fused-ring (bicyclic) bond motifs is 1. The summed E-state index contributed by atoms with van der Waals surface area (Å²) in [7, 11) is 0. The minimum Gasteiger partial charge on any atom is -0.494 e. The van der Waals surface area contributed by atoms with Crippen molar-refractivity contribution in [3.63, 3.8) is 0 Å². The van der Waals surface area contributed by atoms with E-state index >= 15 is 0 Å². The van der Waals surface area contributed by atoms with Crippen molar-refractivity contribution in [2.24, 2.45) is 5.10 Å². The fourth-order valence-electron chi connectivity index (χ4n) is 2.84. The van der Waals surface area contributed by atoms with Gasteiger partial charge in [-0.25, -0.2) is 10.4 Å². The number of aromatic nitrogens is 2. The molecular formula is C22H26N4O2. The van der Waals surface area contributed by atoms with Crippen LogP contribution in [-0.4, -0.2) is 28.3 Å². The summed E-state index contributed by atoms with van der Waals surface area (Å²) in [4.78, 5) is 16.3. The largest absolute Gasteiger partial charge is 0.494 e. The highest BCUT2D eigenvalue weighted by Crippen LogP contribution is 2.13. The van der Waals surface area contributed by atoms with Gasteiger partial charge in [0.1, 0.15) is 5.75 Å². The molecule has 0 aliphatic rings. The molecule has 2 aromatic carbocycles. The van der Waals surface area contributed by atoms with Crippen LogP contribution in [0, 0.1) is 0 Å². The molecule has 6 nitrogen and oxygen atoms in total. The molecule has 0 bridgehead atoms. The van der Waals surface area contributed by atoms with Gasteiger partial charge in [0, 0.05) is 13.0 Å². The minimum absolute atomic E-state index is 0.134. The number of hydrogen-bond donors (Lipinski definition) is 1. The maximum atomic E-state index is 12.0. The summed E-state index contributed by atoms with van der Waals surface area (Å²) in [6.45, 7) is 3.47. The number of aryl methyl sites for hydroxylation is 1. The maximum absolute atomic E-state index is 12.0. The Labute approximate surface area is 165 Å². The number of nitrogens with zero attached hydrogens (tertiary/aromatic N) is 3. The van der Waals surface area contributed by atoms with Crippen molar-refractivity contribution in [1.82, 2.24) is 15.0 Å². The lowest BCUT2D eigenvalue weighted by atomic mass is 10.2. The van der Waals surface area contributed by atoms with Crippen LogP contribution in [0.15, 0.2) is 60.0 Å². The molecule has 0 unspecified atom stereocenters. The van der Waals surface area contributed by atoms with E-state index < -0.39 is 0 Å². The number of hydrazone groups is 1. The van der Waals surface area contributed by atoms with Crippen LogP contribution in [0.2, 0.25) is 0 Å².